The fourth-order valence-corrected chi connectivity index (χ4v) is 3.81. The lowest BCUT2D eigenvalue weighted by atomic mass is 9.89. The molecule has 1 fully saturated rings. The Bertz CT molecular complexity index is 620. The van der Waals surface area contributed by atoms with Gasteiger partial charge < -0.3 is 15.2 Å². The van der Waals surface area contributed by atoms with Gasteiger partial charge in [0.05, 0.1) is 14.2 Å². The van der Waals surface area contributed by atoms with Crippen LogP contribution in [-0.4, -0.2) is 31.2 Å². The molecular weight excluding hydrogens is 324 g/mol. The van der Waals surface area contributed by atoms with E-state index in [-0.39, 0.29) is 6.04 Å². The molecule has 0 aromatic heterocycles. The van der Waals surface area contributed by atoms with Crippen molar-refractivity contribution >= 4 is 0 Å². The highest BCUT2D eigenvalue weighted by molar-refractivity contribution is 5.29. The van der Waals surface area contributed by atoms with Gasteiger partial charge in [0, 0.05) is 25.2 Å². The van der Waals surface area contributed by atoms with E-state index in [9.17, 15) is 0 Å². The molecule has 2 N–H and O–H groups in total. The highest BCUT2D eigenvalue weighted by Crippen LogP contribution is 2.26. The summed E-state index contributed by atoms with van der Waals surface area (Å²) < 4.78 is 10.6. The fourth-order valence-electron chi connectivity index (χ4n) is 3.81. The first kappa shape index (κ1) is 18.7. The average Bonchev–Trinajstić information content (AvgIpc) is 2.69. The van der Waals surface area contributed by atoms with Gasteiger partial charge in [0.25, 0.3) is 0 Å². The van der Waals surface area contributed by atoms with Gasteiger partial charge in [-0.05, 0) is 48.2 Å². The van der Waals surface area contributed by atoms with E-state index in [2.05, 4.69) is 29.2 Å². The largest absolute Gasteiger partial charge is 0.497 e. The van der Waals surface area contributed by atoms with E-state index in [0.29, 0.717) is 6.04 Å². The third-order valence-corrected chi connectivity index (χ3v) is 5.34. The first-order valence-corrected chi connectivity index (χ1v) is 9.45. The zero-order valence-electron chi connectivity index (χ0n) is 15.9. The summed E-state index contributed by atoms with van der Waals surface area (Å²) in [5.74, 6) is 1.79. The van der Waals surface area contributed by atoms with Crippen molar-refractivity contribution < 1.29 is 9.47 Å². The monoisotopic (exact) mass is 354 g/mol. The Morgan fingerprint density at radius 2 is 1.27 bits per heavy atom. The minimum absolute atomic E-state index is 0.250. The van der Waals surface area contributed by atoms with E-state index in [4.69, 9.17) is 15.2 Å². The molecule has 26 heavy (non-hydrogen) atoms. The predicted molar refractivity (Wildman–Crippen MR) is 105 cm³/mol. The molecule has 2 atom stereocenters. The smallest absolute Gasteiger partial charge is 0.118 e. The summed E-state index contributed by atoms with van der Waals surface area (Å²) in [6.07, 6.45) is 4.80. The molecule has 0 aliphatic heterocycles. The Labute approximate surface area is 156 Å². The number of ether oxygens (including phenoxy) is 2. The fraction of sp³-hybridized carbons (Fsp3) is 0.455. The van der Waals surface area contributed by atoms with Gasteiger partial charge >= 0.3 is 0 Å². The van der Waals surface area contributed by atoms with Gasteiger partial charge in [-0.1, -0.05) is 37.1 Å². The lowest BCUT2D eigenvalue weighted by molar-refractivity contribution is 0.122. The lowest BCUT2D eigenvalue weighted by Crippen LogP contribution is -2.48. The molecule has 4 nitrogen and oxygen atoms in total. The minimum atomic E-state index is 0.250. The Hall–Kier alpha value is -2.04. The van der Waals surface area contributed by atoms with E-state index in [1.807, 2.05) is 24.3 Å². The molecule has 140 valence electrons. The Morgan fingerprint density at radius 1 is 0.808 bits per heavy atom. The summed E-state index contributed by atoms with van der Waals surface area (Å²) in [6.45, 7) is 1.79. The molecule has 4 heteroatoms. The number of methoxy groups -OCH3 is 2. The van der Waals surface area contributed by atoms with Crippen molar-refractivity contribution in [3.05, 3.63) is 59.7 Å². The molecule has 0 heterocycles. The van der Waals surface area contributed by atoms with Crippen LogP contribution in [0.5, 0.6) is 11.5 Å². The van der Waals surface area contributed by atoms with Crippen LogP contribution in [0.4, 0.5) is 0 Å². The van der Waals surface area contributed by atoms with Crippen molar-refractivity contribution in [3.8, 4) is 11.5 Å². The van der Waals surface area contributed by atoms with E-state index in [0.717, 1.165) is 31.0 Å². The van der Waals surface area contributed by atoms with Crippen molar-refractivity contribution in [2.24, 2.45) is 5.73 Å². The highest BCUT2D eigenvalue weighted by atomic mass is 16.5. The van der Waals surface area contributed by atoms with Gasteiger partial charge in [-0.3, -0.25) is 4.90 Å². The molecule has 2 aromatic rings. The number of benzene rings is 2. The number of nitrogens with two attached hydrogens (primary N) is 1. The van der Waals surface area contributed by atoms with Gasteiger partial charge in [-0.2, -0.15) is 0 Å². The van der Waals surface area contributed by atoms with E-state index in [1.54, 1.807) is 14.2 Å². The second kappa shape index (κ2) is 9.06. The Balaban J connectivity index is 1.77. The highest BCUT2D eigenvalue weighted by Gasteiger charge is 2.27. The third kappa shape index (κ3) is 4.77. The maximum Gasteiger partial charge on any atom is 0.118 e. The van der Waals surface area contributed by atoms with Crippen LogP contribution in [0.1, 0.15) is 36.8 Å². The second-order valence-electron chi connectivity index (χ2n) is 7.12. The molecule has 0 spiro atoms. The maximum absolute atomic E-state index is 6.50. The van der Waals surface area contributed by atoms with Crippen LogP contribution < -0.4 is 15.2 Å². The van der Waals surface area contributed by atoms with Crippen LogP contribution in [0, 0.1) is 0 Å². The lowest BCUT2D eigenvalue weighted by Gasteiger charge is -2.38. The first-order chi connectivity index (χ1) is 12.7. The molecule has 0 bridgehead atoms. The molecule has 0 saturated heterocycles. The summed E-state index contributed by atoms with van der Waals surface area (Å²) in [5.41, 5.74) is 9.07. The van der Waals surface area contributed by atoms with Crippen LogP contribution in [-0.2, 0) is 13.1 Å². The number of nitrogens with zero attached hydrogens (tertiary/aromatic N) is 1. The Morgan fingerprint density at radius 3 is 1.69 bits per heavy atom. The van der Waals surface area contributed by atoms with E-state index in [1.165, 1.54) is 30.4 Å². The molecule has 3 rings (SSSR count). The second-order valence-corrected chi connectivity index (χ2v) is 7.12. The van der Waals surface area contributed by atoms with Crippen molar-refractivity contribution in [1.82, 2.24) is 4.90 Å². The van der Waals surface area contributed by atoms with E-state index >= 15 is 0 Å². The number of hydrogen-bond donors (Lipinski definition) is 1. The van der Waals surface area contributed by atoms with Gasteiger partial charge in [-0.15, -0.1) is 0 Å². The molecule has 0 amide bonds. The summed E-state index contributed by atoms with van der Waals surface area (Å²) in [4.78, 5) is 2.54. The van der Waals surface area contributed by atoms with Crippen LogP contribution >= 0.6 is 0 Å². The molecular formula is C22H30N2O2. The zero-order chi connectivity index (χ0) is 18.4. The minimum Gasteiger partial charge on any atom is -0.497 e. The summed E-state index contributed by atoms with van der Waals surface area (Å²) >= 11 is 0. The van der Waals surface area contributed by atoms with Crippen LogP contribution in [0.15, 0.2) is 48.5 Å². The van der Waals surface area contributed by atoms with E-state index < -0.39 is 0 Å². The topological polar surface area (TPSA) is 47.7 Å². The summed E-state index contributed by atoms with van der Waals surface area (Å²) in [7, 11) is 3.40. The summed E-state index contributed by atoms with van der Waals surface area (Å²) in [5, 5.41) is 0. The van der Waals surface area contributed by atoms with Gasteiger partial charge in [-0.25, -0.2) is 0 Å². The first-order valence-electron chi connectivity index (χ1n) is 9.45. The van der Waals surface area contributed by atoms with Crippen molar-refractivity contribution in [2.45, 2.75) is 50.9 Å². The quantitative estimate of drug-likeness (QED) is 0.817. The molecule has 0 radical (unpaired) electrons. The average molecular weight is 354 g/mol. The Kier molecular flexibility index (Phi) is 6.53. The van der Waals surface area contributed by atoms with Crippen molar-refractivity contribution in [2.75, 3.05) is 14.2 Å². The van der Waals surface area contributed by atoms with Crippen molar-refractivity contribution in [3.63, 3.8) is 0 Å². The van der Waals surface area contributed by atoms with Gasteiger partial charge in [0.1, 0.15) is 11.5 Å². The molecule has 0 unspecified atom stereocenters. The van der Waals surface area contributed by atoms with Gasteiger partial charge in [0.2, 0.25) is 0 Å². The van der Waals surface area contributed by atoms with Crippen molar-refractivity contribution in [1.29, 1.82) is 0 Å². The standard InChI is InChI=1S/C22H30N2O2/c1-25-19-11-7-17(8-12-19)15-24(22-6-4-3-5-21(22)23)16-18-9-13-20(26-2)14-10-18/h7-14,21-22H,3-6,15-16,23H2,1-2H3/t21-,22-/m1/s1. The van der Waals surface area contributed by atoms with Gasteiger partial charge in [0.15, 0.2) is 0 Å². The SMILES string of the molecule is COc1ccc(CN(Cc2ccc(OC)cc2)[C@@H]2CCCC[C@H]2N)cc1. The van der Waals surface area contributed by atoms with Crippen LogP contribution in [0.2, 0.25) is 0 Å². The third-order valence-electron chi connectivity index (χ3n) is 5.34. The molecule has 1 aliphatic rings. The summed E-state index contributed by atoms with van der Waals surface area (Å²) in [6, 6.07) is 17.4. The van der Waals surface area contributed by atoms with Crippen LogP contribution in [0.25, 0.3) is 0 Å². The van der Waals surface area contributed by atoms with Crippen LogP contribution in [0.3, 0.4) is 0 Å². The predicted octanol–water partition coefficient (Wildman–Crippen LogP) is 3.98. The maximum atomic E-state index is 6.50. The molecule has 2 aromatic carbocycles. The molecule has 1 saturated carbocycles. The number of hydrogen-bond acceptors (Lipinski definition) is 4. The normalized spacial score (nSPS) is 20.2. The zero-order valence-corrected chi connectivity index (χ0v) is 15.9. The number of rotatable bonds is 7. The molecule has 1 aliphatic carbocycles.